The number of aromatic amines is 1. The highest BCUT2D eigenvalue weighted by Gasteiger charge is 2.22. The van der Waals surface area contributed by atoms with Crippen molar-refractivity contribution in [3.63, 3.8) is 0 Å². The van der Waals surface area contributed by atoms with Crippen molar-refractivity contribution in [3.8, 4) is 0 Å². The summed E-state index contributed by atoms with van der Waals surface area (Å²) in [6, 6.07) is 6.23. The first-order valence-corrected chi connectivity index (χ1v) is 9.51. The van der Waals surface area contributed by atoms with Crippen LogP contribution in [-0.4, -0.2) is 37.9 Å². The van der Waals surface area contributed by atoms with Crippen molar-refractivity contribution in [2.24, 2.45) is 0 Å². The zero-order valence-electron chi connectivity index (χ0n) is 14.3. The number of nitrogens with one attached hydrogen (secondary N) is 2. The summed E-state index contributed by atoms with van der Waals surface area (Å²) in [7, 11) is 0. The lowest BCUT2D eigenvalue weighted by Crippen LogP contribution is -2.33. The lowest BCUT2D eigenvalue weighted by Gasteiger charge is -2.31. The van der Waals surface area contributed by atoms with Gasteiger partial charge >= 0.3 is 0 Å². The number of nitrogens with zero attached hydrogens (tertiary/aromatic N) is 4. The van der Waals surface area contributed by atoms with E-state index in [-0.39, 0.29) is 0 Å². The van der Waals surface area contributed by atoms with Crippen LogP contribution in [0.2, 0.25) is 0 Å². The SMILES string of the molecule is Cc1csc(Nc2cccc(C3CCN(Cc4ncc[nH]4)CC3)n2)n1. The standard InChI is InChI=1S/C18H22N6S/c1-13-12-25-18(21-13)23-16-4-2-3-15(22-16)14-5-9-24(10-6-14)11-17-19-7-8-20-17/h2-4,7-8,12,14H,5-6,9-11H2,1H3,(H,19,20)(H,21,22,23). The van der Waals surface area contributed by atoms with Crippen LogP contribution in [0.15, 0.2) is 36.0 Å². The second kappa shape index (κ2) is 7.33. The molecule has 0 spiro atoms. The Morgan fingerprint density at radius 1 is 1.28 bits per heavy atom. The highest BCUT2D eigenvalue weighted by molar-refractivity contribution is 7.13. The van der Waals surface area contributed by atoms with E-state index in [4.69, 9.17) is 4.98 Å². The maximum atomic E-state index is 4.82. The van der Waals surface area contributed by atoms with Gasteiger partial charge in [0.1, 0.15) is 11.6 Å². The molecule has 0 radical (unpaired) electrons. The summed E-state index contributed by atoms with van der Waals surface area (Å²) in [5.41, 5.74) is 2.21. The normalized spacial score (nSPS) is 16.2. The molecule has 25 heavy (non-hydrogen) atoms. The highest BCUT2D eigenvalue weighted by atomic mass is 32.1. The third-order valence-electron chi connectivity index (χ3n) is 4.56. The number of likely N-dealkylation sites (tertiary alicyclic amines) is 1. The van der Waals surface area contributed by atoms with Crippen molar-refractivity contribution in [1.29, 1.82) is 0 Å². The molecule has 0 aliphatic carbocycles. The summed E-state index contributed by atoms with van der Waals surface area (Å²) < 4.78 is 0. The van der Waals surface area contributed by atoms with Crippen LogP contribution in [-0.2, 0) is 6.54 Å². The Morgan fingerprint density at radius 2 is 2.16 bits per heavy atom. The number of thiazole rings is 1. The van der Waals surface area contributed by atoms with Crippen LogP contribution in [0.1, 0.15) is 36.0 Å². The topological polar surface area (TPSA) is 69.7 Å². The van der Waals surface area contributed by atoms with Crippen molar-refractivity contribution in [2.75, 3.05) is 18.4 Å². The molecule has 0 saturated carbocycles. The third kappa shape index (κ3) is 4.05. The largest absolute Gasteiger partial charge is 0.348 e. The molecule has 2 N–H and O–H groups in total. The molecule has 1 aliphatic heterocycles. The molecular weight excluding hydrogens is 332 g/mol. The molecule has 7 heteroatoms. The molecule has 3 aromatic rings. The maximum Gasteiger partial charge on any atom is 0.188 e. The molecule has 1 aliphatic rings. The molecular formula is C18H22N6S. The average molecular weight is 354 g/mol. The summed E-state index contributed by atoms with van der Waals surface area (Å²) in [5.74, 6) is 2.44. The zero-order valence-corrected chi connectivity index (χ0v) is 15.1. The fourth-order valence-corrected chi connectivity index (χ4v) is 3.95. The van der Waals surface area contributed by atoms with Crippen LogP contribution in [0.25, 0.3) is 0 Å². The Balaban J connectivity index is 1.37. The molecule has 130 valence electrons. The van der Waals surface area contributed by atoms with Crippen molar-refractivity contribution in [3.05, 3.63) is 53.2 Å². The van der Waals surface area contributed by atoms with Crippen LogP contribution in [0.4, 0.5) is 10.9 Å². The Bertz CT molecular complexity index is 805. The van der Waals surface area contributed by atoms with E-state index in [9.17, 15) is 0 Å². The van der Waals surface area contributed by atoms with E-state index in [1.54, 1.807) is 11.3 Å². The Hall–Kier alpha value is -2.25. The first-order valence-electron chi connectivity index (χ1n) is 8.63. The predicted molar refractivity (Wildman–Crippen MR) is 100 cm³/mol. The number of imidazole rings is 1. The van der Waals surface area contributed by atoms with Gasteiger partial charge in [0, 0.05) is 29.4 Å². The van der Waals surface area contributed by atoms with Gasteiger partial charge in [-0.1, -0.05) is 6.07 Å². The molecule has 0 atom stereocenters. The average Bonchev–Trinajstić information content (AvgIpc) is 3.28. The fourth-order valence-electron chi connectivity index (χ4n) is 3.25. The van der Waals surface area contributed by atoms with E-state index in [1.165, 1.54) is 5.69 Å². The number of pyridine rings is 1. The number of anilines is 2. The van der Waals surface area contributed by atoms with Crippen molar-refractivity contribution < 1.29 is 0 Å². The van der Waals surface area contributed by atoms with E-state index in [2.05, 4.69) is 37.3 Å². The third-order valence-corrected chi connectivity index (χ3v) is 5.43. The molecule has 1 fully saturated rings. The minimum absolute atomic E-state index is 0.521. The van der Waals surface area contributed by atoms with Gasteiger partial charge in [-0.05, 0) is 45.0 Å². The van der Waals surface area contributed by atoms with E-state index in [1.807, 2.05) is 30.8 Å². The second-order valence-corrected chi connectivity index (χ2v) is 7.31. The Morgan fingerprint density at radius 3 is 2.88 bits per heavy atom. The number of hydrogen-bond acceptors (Lipinski definition) is 6. The van der Waals surface area contributed by atoms with Crippen molar-refractivity contribution in [1.82, 2.24) is 24.8 Å². The molecule has 6 nitrogen and oxygen atoms in total. The van der Waals surface area contributed by atoms with Gasteiger partial charge in [0.2, 0.25) is 0 Å². The van der Waals surface area contributed by atoms with E-state index >= 15 is 0 Å². The molecule has 0 aromatic carbocycles. The van der Waals surface area contributed by atoms with Gasteiger partial charge in [0.15, 0.2) is 5.13 Å². The molecule has 3 aromatic heterocycles. The van der Waals surface area contributed by atoms with Gasteiger partial charge in [0.05, 0.1) is 12.2 Å². The fraction of sp³-hybridized carbons (Fsp3) is 0.389. The Labute approximate surface area is 151 Å². The van der Waals surface area contributed by atoms with Crippen LogP contribution < -0.4 is 5.32 Å². The lowest BCUT2D eigenvalue weighted by molar-refractivity contribution is 0.199. The zero-order chi connectivity index (χ0) is 17.1. The number of rotatable bonds is 5. The van der Waals surface area contributed by atoms with Gasteiger partial charge in [-0.2, -0.15) is 0 Å². The van der Waals surface area contributed by atoms with Crippen LogP contribution in [0.5, 0.6) is 0 Å². The van der Waals surface area contributed by atoms with Crippen LogP contribution in [0, 0.1) is 6.92 Å². The number of H-pyrrole nitrogens is 1. The first kappa shape index (κ1) is 16.2. The summed E-state index contributed by atoms with van der Waals surface area (Å²) in [6.45, 7) is 5.06. The smallest absolute Gasteiger partial charge is 0.188 e. The minimum Gasteiger partial charge on any atom is -0.348 e. The van der Waals surface area contributed by atoms with E-state index in [0.717, 1.165) is 54.9 Å². The monoisotopic (exact) mass is 354 g/mol. The molecule has 1 saturated heterocycles. The predicted octanol–water partition coefficient (Wildman–Crippen LogP) is 3.69. The van der Waals surface area contributed by atoms with Gasteiger partial charge in [-0.3, -0.25) is 4.90 Å². The number of aryl methyl sites for hydroxylation is 1. The lowest BCUT2D eigenvalue weighted by atomic mass is 9.93. The summed E-state index contributed by atoms with van der Waals surface area (Å²) in [4.78, 5) is 19.2. The van der Waals surface area contributed by atoms with Gasteiger partial charge in [-0.25, -0.2) is 15.0 Å². The quantitative estimate of drug-likeness (QED) is 0.731. The van der Waals surface area contributed by atoms with Crippen molar-refractivity contribution in [2.45, 2.75) is 32.2 Å². The van der Waals surface area contributed by atoms with Crippen LogP contribution >= 0.6 is 11.3 Å². The molecule has 0 bridgehead atoms. The summed E-state index contributed by atoms with van der Waals surface area (Å²) in [6.07, 6.45) is 5.96. The first-order chi connectivity index (χ1) is 12.3. The maximum absolute atomic E-state index is 4.82. The molecule has 4 heterocycles. The number of aromatic nitrogens is 4. The summed E-state index contributed by atoms with van der Waals surface area (Å²) in [5, 5.41) is 6.26. The second-order valence-electron chi connectivity index (χ2n) is 6.45. The highest BCUT2D eigenvalue weighted by Crippen LogP contribution is 2.28. The van der Waals surface area contributed by atoms with E-state index < -0.39 is 0 Å². The minimum atomic E-state index is 0.521. The Kier molecular flexibility index (Phi) is 4.76. The number of piperidine rings is 1. The molecule has 0 unspecified atom stereocenters. The van der Waals surface area contributed by atoms with E-state index in [0.29, 0.717) is 5.92 Å². The van der Waals surface area contributed by atoms with Crippen molar-refractivity contribution >= 4 is 22.3 Å². The van der Waals surface area contributed by atoms with Gasteiger partial charge in [-0.15, -0.1) is 11.3 Å². The van der Waals surface area contributed by atoms with Crippen LogP contribution in [0.3, 0.4) is 0 Å². The molecule has 4 rings (SSSR count). The van der Waals surface area contributed by atoms with Gasteiger partial charge in [0.25, 0.3) is 0 Å². The van der Waals surface area contributed by atoms with Gasteiger partial charge < -0.3 is 10.3 Å². The summed E-state index contributed by atoms with van der Waals surface area (Å²) >= 11 is 1.61. The molecule has 0 amide bonds. The number of hydrogen-bond donors (Lipinski definition) is 2.